The van der Waals surface area contributed by atoms with E-state index in [1.165, 1.54) is 0 Å². The summed E-state index contributed by atoms with van der Waals surface area (Å²) >= 11 is 0. The van der Waals surface area contributed by atoms with E-state index < -0.39 is 0 Å². The van der Waals surface area contributed by atoms with Crippen molar-refractivity contribution in [3.8, 4) is 5.75 Å². The van der Waals surface area contributed by atoms with E-state index in [-0.39, 0.29) is 24.0 Å². The van der Waals surface area contributed by atoms with Crippen LogP contribution in [0.15, 0.2) is 47.6 Å². The fraction of sp³-hybridized carbons (Fsp3) is 0.368. The quantitative estimate of drug-likeness (QED) is 0.371. The van der Waals surface area contributed by atoms with E-state index >= 15 is 0 Å². The van der Waals surface area contributed by atoms with Gasteiger partial charge in [0.1, 0.15) is 11.6 Å². The lowest BCUT2D eigenvalue weighted by Gasteiger charge is -2.15. The van der Waals surface area contributed by atoms with E-state index in [2.05, 4.69) is 32.7 Å². The van der Waals surface area contributed by atoms with Gasteiger partial charge in [0.2, 0.25) is 0 Å². The van der Waals surface area contributed by atoms with Crippen molar-refractivity contribution in [2.24, 2.45) is 4.99 Å². The van der Waals surface area contributed by atoms with E-state index in [0.717, 1.165) is 28.7 Å². The molecule has 0 aliphatic heterocycles. The third kappa shape index (κ3) is 6.70. The number of rotatable bonds is 7. The summed E-state index contributed by atoms with van der Waals surface area (Å²) in [5.74, 6) is 2.58. The molecule has 1 aromatic heterocycles. The first-order valence-electron chi connectivity index (χ1n) is 8.41. The lowest BCUT2D eigenvalue weighted by Crippen LogP contribution is -2.36. The highest BCUT2D eigenvalue weighted by molar-refractivity contribution is 14.0. The highest BCUT2D eigenvalue weighted by Crippen LogP contribution is 2.17. The van der Waals surface area contributed by atoms with Crippen LogP contribution in [0, 0.1) is 0 Å². The summed E-state index contributed by atoms with van der Waals surface area (Å²) < 4.78 is 5.66. The molecular weight excluding hydrogens is 441 g/mol. The minimum Gasteiger partial charge on any atom is -0.494 e. The molecule has 2 aromatic rings. The molecule has 2 rings (SSSR count). The highest BCUT2D eigenvalue weighted by Gasteiger charge is 2.05. The Morgan fingerprint density at radius 1 is 1.15 bits per heavy atom. The van der Waals surface area contributed by atoms with Gasteiger partial charge in [0.05, 0.1) is 6.61 Å². The Balaban J connectivity index is 0.00000338. The summed E-state index contributed by atoms with van der Waals surface area (Å²) in [4.78, 5) is 10.6. The molecule has 0 aliphatic rings. The van der Waals surface area contributed by atoms with Crippen LogP contribution in [-0.4, -0.2) is 38.7 Å². The Kier molecular flexibility index (Phi) is 9.79. The van der Waals surface area contributed by atoms with Crippen LogP contribution in [0.1, 0.15) is 18.1 Å². The third-order valence-electron chi connectivity index (χ3n) is 3.67. The molecule has 26 heavy (non-hydrogen) atoms. The van der Waals surface area contributed by atoms with Gasteiger partial charge < -0.3 is 20.3 Å². The smallest absolute Gasteiger partial charge is 0.191 e. The molecule has 0 spiro atoms. The minimum atomic E-state index is 0. The van der Waals surface area contributed by atoms with Crippen molar-refractivity contribution >= 4 is 35.8 Å². The summed E-state index contributed by atoms with van der Waals surface area (Å²) in [6.07, 6.45) is 1.82. The van der Waals surface area contributed by atoms with E-state index in [1.807, 2.05) is 56.4 Å². The molecule has 0 bridgehead atoms. The molecule has 6 nitrogen and oxygen atoms in total. The second-order valence-electron chi connectivity index (χ2n) is 5.74. The Morgan fingerprint density at radius 2 is 1.88 bits per heavy atom. The Hall–Kier alpha value is -2.03. The monoisotopic (exact) mass is 469 g/mol. The van der Waals surface area contributed by atoms with Crippen molar-refractivity contribution in [1.29, 1.82) is 0 Å². The number of nitrogens with one attached hydrogen (secondary N) is 2. The average molecular weight is 469 g/mol. The molecule has 0 saturated carbocycles. The van der Waals surface area contributed by atoms with Crippen LogP contribution in [0.5, 0.6) is 5.75 Å². The van der Waals surface area contributed by atoms with Crippen molar-refractivity contribution in [2.45, 2.75) is 20.0 Å². The number of aromatic nitrogens is 1. The number of aliphatic imine (C=N–C) groups is 1. The molecule has 142 valence electrons. The van der Waals surface area contributed by atoms with Crippen molar-refractivity contribution in [3.05, 3.63) is 53.7 Å². The van der Waals surface area contributed by atoms with Crippen molar-refractivity contribution in [1.82, 2.24) is 15.6 Å². The predicted octanol–water partition coefficient (Wildman–Crippen LogP) is 3.03. The van der Waals surface area contributed by atoms with Crippen LogP contribution in [0.25, 0.3) is 0 Å². The molecule has 1 aromatic carbocycles. The van der Waals surface area contributed by atoms with Gasteiger partial charge in [-0.05, 0) is 30.7 Å². The van der Waals surface area contributed by atoms with Gasteiger partial charge in [-0.1, -0.05) is 18.2 Å². The SMILES string of the molecule is CCOc1ccccc1CNC(=NC)NCc1ccnc(N(C)C)c1.I. The first-order chi connectivity index (χ1) is 12.1. The zero-order valence-electron chi connectivity index (χ0n) is 15.8. The second kappa shape index (κ2) is 11.6. The Morgan fingerprint density at radius 3 is 2.58 bits per heavy atom. The van der Waals surface area contributed by atoms with E-state index in [4.69, 9.17) is 4.74 Å². The number of halogens is 1. The molecule has 0 aliphatic carbocycles. The molecular formula is C19H28IN5O. The number of hydrogen-bond donors (Lipinski definition) is 2. The Bertz CT molecular complexity index is 706. The van der Waals surface area contributed by atoms with Gasteiger partial charge in [0.25, 0.3) is 0 Å². The van der Waals surface area contributed by atoms with Crippen LogP contribution in [0.2, 0.25) is 0 Å². The Labute approximate surface area is 173 Å². The first kappa shape index (κ1) is 22.0. The fourth-order valence-corrected chi connectivity index (χ4v) is 2.35. The first-order valence-corrected chi connectivity index (χ1v) is 8.41. The number of anilines is 1. The zero-order chi connectivity index (χ0) is 18.1. The molecule has 0 unspecified atom stereocenters. The largest absolute Gasteiger partial charge is 0.494 e. The highest BCUT2D eigenvalue weighted by atomic mass is 127. The van der Waals surface area contributed by atoms with Crippen molar-refractivity contribution in [2.75, 3.05) is 32.6 Å². The topological polar surface area (TPSA) is 61.8 Å². The molecule has 2 N–H and O–H groups in total. The second-order valence-corrected chi connectivity index (χ2v) is 5.74. The molecule has 7 heteroatoms. The number of guanidine groups is 1. The average Bonchev–Trinajstić information content (AvgIpc) is 2.63. The summed E-state index contributed by atoms with van der Waals surface area (Å²) in [7, 11) is 5.73. The van der Waals surface area contributed by atoms with E-state index in [9.17, 15) is 0 Å². The van der Waals surface area contributed by atoms with Crippen molar-refractivity contribution < 1.29 is 4.74 Å². The zero-order valence-corrected chi connectivity index (χ0v) is 18.2. The maximum Gasteiger partial charge on any atom is 0.191 e. The maximum absolute atomic E-state index is 5.66. The number of pyridine rings is 1. The lowest BCUT2D eigenvalue weighted by atomic mass is 10.2. The van der Waals surface area contributed by atoms with Gasteiger partial charge in [-0.2, -0.15) is 0 Å². The summed E-state index contributed by atoms with van der Waals surface area (Å²) in [6.45, 7) is 3.97. The number of benzene rings is 1. The van der Waals surface area contributed by atoms with Gasteiger partial charge in [0.15, 0.2) is 5.96 Å². The van der Waals surface area contributed by atoms with Crippen molar-refractivity contribution in [3.63, 3.8) is 0 Å². The van der Waals surface area contributed by atoms with Crippen LogP contribution >= 0.6 is 24.0 Å². The number of para-hydroxylation sites is 1. The molecule has 0 radical (unpaired) electrons. The van der Waals surface area contributed by atoms with Crippen LogP contribution in [0.4, 0.5) is 5.82 Å². The van der Waals surface area contributed by atoms with Crippen LogP contribution < -0.4 is 20.3 Å². The molecule has 0 atom stereocenters. The molecule has 0 amide bonds. The maximum atomic E-state index is 5.66. The van der Waals surface area contributed by atoms with Gasteiger partial charge in [-0.15, -0.1) is 24.0 Å². The summed E-state index contributed by atoms with van der Waals surface area (Å²) in [6, 6.07) is 12.1. The predicted molar refractivity (Wildman–Crippen MR) is 119 cm³/mol. The molecule has 1 heterocycles. The van der Waals surface area contributed by atoms with Gasteiger partial charge in [-0.25, -0.2) is 4.98 Å². The number of hydrogen-bond acceptors (Lipinski definition) is 4. The fourth-order valence-electron chi connectivity index (χ4n) is 2.35. The molecule has 0 fully saturated rings. The third-order valence-corrected chi connectivity index (χ3v) is 3.67. The van der Waals surface area contributed by atoms with Crippen LogP contribution in [0.3, 0.4) is 0 Å². The summed E-state index contributed by atoms with van der Waals surface area (Å²) in [5.41, 5.74) is 2.25. The lowest BCUT2D eigenvalue weighted by molar-refractivity contribution is 0.336. The normalized spacial score (nSPS) is 10.7. The van der Waals surface area contributed by atoms with E-state index in [0.29, 0.717) is 19.7 Å². The number of nitrogens with zero attached hydrogens (tertiary/aromatic N) is 3. The standard InChI is InChI=1S/C19H27N5O.HI/c1-5-25-17-9-7-6-8-16(17)14-23-19(20-2)22-13-15-10-11-21-18(12-15)24(3)4;/h6-12H,5,13-14H2,1-4H3,(H2,20,22,23);1H. The van der Waals surface area contributed by atoms with Gasteiger partial charge in [0, 0.05) is 46.0 Å². The van der Waals surface area contributed by atoms with Crippen LogP contribution in [-0.2, 0) is 13.1 Å². The summed E-state index contributed by atoms with van der Waals surface area (Å²) in [5, 5.41) is 6.65. The van der Waals surface area contributed by atoms with E-state index in [1.54, 1.807) is 7.05 Å². The number of ether oxygens (including phenoxy) is 1. The van der Waals surface area contributed by atoms with Gasteiger partial charge >= 0.3 is 0 Å². The van der Waals surface area contributed by atoms with Gasteiger partial charge in [-0.3, -0.25) is 4.99 Å². The minimum absolute atomic E-state index is 0. The molecule has 0 saturated heterocycles.